The van der Waals surface area contributed by atoms with Crippen molar-refractivity contribution in [2.45, 2.75) is 0 Å². The predicted octanol–water partition coefficient (Wildman–Crippen LogP) is 6.48. The molecule has 30 heavy (non-hydrogen) atoms. The number of carboxylic acids is 1. The standard InChI is InChI=1S/C21H11Cl4NO4/c22-15-13(14(21(29)30)16(23)18(25)17(15)24)20(28)26-12-8-6-11(7-9-12)19(27)10-4-2-1-3-5-10/h1-9H,(H,26,28)(H,29,30). The quantitative estimate of drug-likeness (QED) is 0.247. The van der Waals surface area contributed by atoms with Crippen LogP contribution in [0.25, 0.3) is 0 Å². The monoisotopic (exact) mass is 481 g/mol. The number of amides is 1. The second-order valence-electron chi connectivity index (χ2n) is 6.04. The summed E-state index contributed by atoms with van der Waals surface area (Å²) in [7, 11) is 0. The van der Waals surface area contributed by atoms with Crippen LogP contribution >= 0.6 is 46.4 Å². The maximum absolute atomic E-state index is 12.7. The first-order valence-electron chi connectivity index (χ1n) is 8.32. The van der Waals surface area contributed by atoms with Crippen molar-refractivity contribution in [3.63, 3.8) is 0 Å². The van der Waals surface area contributed by atoms with E-state index in [2.05, 4.69) is 5.32 Å². The largest absolute Gasteiger partial charge is 0.478 e. The van der Waals surface area contributed by atoms with Crippen molar-refractivity contribution < 1.29 is 19.5 Å². The number of ketones is 1. The van der Waals surface area contributed by atoms with Gasteiger partial charge in [-0.25, -0.2) is 4.79 Å². The summed E-state index contributed by atoms with van der Waals surface area (Å²) in [5.41, 5.74) is 0.260. The fraction of sp³-hybridized carbons (Fsp3) is 0. The minimum atomic E-state index is -1.49. The minimum Gasteiger partial charge on any atom is -0.478 e. The third-order valence-corrected chi connectivity index (χ3v) is 5.95. The van der Waals surface area contributed by atoms with Crippen LogP contribution in [0.1, 0.15) is 36.6 Å². The van der Waals surface area contributed by atoms with E-state index in [1.807, 2.05) is 0 Å². The van der Waals surface area contributed by atoms with Gasteiger partial charge in [-0.15, -0.1) is 0 Å². The minimum absolute atomic E-state index is 0.180. The van der Waals surface area contributed by atoms with Crippen LogP contribution in [0.2, 0.25) is 20.1 Å². The summed E-state index contributed by atoms with van der Waals surface area (Å²) in [5.74, 6) is -2.52. The van der Waals surface area contributed by atoms with Gasteiger partial charge in [-0.3, -0.25) is 9.59 Å². The lowest BCUT2D eigenvalue weighted by molar-refractivity contribution is 0.0692. The summed E-state index contributed by atoms with van der Waals surface area (Å²) in [6.45, 7) is 0. The van der Waals surface area contributed by atoms with Crippen LogP contribution in [-0.4, -0.2) is 22.8 Å². The molecule has 0 fully saturated rings. The smallest absolute Gasteiger partial charge is 0.338 e. The summed E-state index contributed by atoms with van der Waals surface area (Å²) >= 11 is 23.9. The van der Waals surface area contributed by atoms with Gasteiger partial charge in [-0.2, -0.15) is 0 Å². The van der Waals surface area contributed by atoms with Crippen molar-refractivity contribution in [3.05, 3.63) is 96.9 Å². The van der Waals surface area contributed by atoms with E-state index in [-0.39, 0.29) is 20.9 Å². The van der Waals surface area contributed by atoms with Gasteiger partial charge in [0.05, 0.1) is 31.2 Å². The van der Waals surface area contributed by atoms with Gasteiger partial charge in [0.1, 0.15) is 0 Å². The number of rotatable bonds is 5. The van der Waals surface area contributed by atoms with E-state index in [4.69, 9.17) is 46.4 Å². The van der Waals surface area contributed by atoms with E-state index < -0.39 is 28.0 Å². The van der Waals surface area contributed by atoms with Gasteiger partial charge in [-0.1, -0.05) is 76.7 Å². The molecule has 0 radical (unpaired) electrons. The average Bonchev–Trinajstić information content (AvgIpc) is 2.74. The van der Waals surface area contributed by atoms with Crippen LogP contribution in [0.3, 0.4) is 0 Å². The Morgan fingerprint density at radius 1 is 0.667 bits per heavy atom. The van der Waals surface area contributed by atoms with E-state index in [0.29, 0.717) is 16.8 Å². The first-order valence-corrected chi connectivity index (χ1v) is 9.84. The second-order valence-corrected chi connectivity index (χ2v) is 7.55. The summed E-state index contributed by atoms with van der Waals surface area (Å²) in [4.78, 5) is 36.8. The molecule has 0 atom stereocenters. The molecule has 0 bridgehead atoms. The summed E-state index contributed by atoms with van der Waals surface area (Å²) in [6.07, 6.45) is 0. The molecule has 0 aliphatic carbocycles. The van der Waals surface area contributed by atoms with Gasteiger partial charge in [0.15, 0.2) is 5.78 Å². The van der Waals surface area contributed by atoms with Crippen molar-refractivity contribution in [2.24, 2.45) is 0 Å². The van der Waals surface area contributed by atoms with Crippen LogP contribution in [0.4, 0.5) is 5.69 Å². The molecular weight excluding hydrogens is 472 g/mol. The predicted molar refractivity (Wildman–Crippen MR) is 118 cm³/mol. The van der Waals surface area contributed by atoms with Gasteiger partial charge in [0.25, 0.3) is 5.91 Å². The van der Waals surface area contributed by atoms with Crippen molar-refractivity contribution in [1.29, 1.82) is 0 Å². The Kier molecular flexibility index (Phi) is 6.68. The van der Waals surface area contributed by atoms with E-state index in [0.717, 1.165) is 0 Å². The van der Waals surface area contributed by atoms with Crippen molar-refractivity contribution in [3.8, 4) is 0 Å². The topological polar surface area (TPSA) is 83.5 Å². The molecule has 0 heterocycles. The molecule has 5 nitrogen and oxygen atoms in total. The summed E-state index contributed by atoms with van der Waals surface area (Å²) in [5, 5.41) is 10.7. The maximum atomic E-state index is 12.7. The lowest BCUT2D eigenvalue weighted by atomic mass is 10.0. The first-order chi connectivity index (χ1) is 14.2. The van der Waals surface area contributed by atoms with Gasteiger partial charge >= 0.3 is 5.97 Å². The number of carboxylic acid groups (broad SMARTS) is 1. The van der Waals surface area contributed by atoms with Crippen molar-refractivity contribution in [1.82, 2.24) is 0 Å². The molecule has 1 amide bonds. The number of carbonyl (C=O) groups is 3. The summed E-state index contributed by atoms with van der Waals surface area (Å²) in [6, 6.07) is 14.8. The highest BCUT2D eigenvalue weighted by Crippen LogP contribution is 2.41. The molecular formula is C21H11Cl4NO4. The number of aromatic carboxylic acids is 1. The fourth-order valence-electron chi connectivity index (χ4n) is 2.70. The molecule has 9 heteroatoms. The SMILES string of the molecule is O=C(c1ccccc1)c1ccc(NC(=O)c2c(Cl)c(Cl)c(Cl)c(Cl)c2C(=O)O)cc1. The summed E-state index contributed by atoms with van der Waals surface area (Å²) < 4.78 is 0. The fourth-order valence-corrected chi connectivity index (χ4v) is 3.72. The highest BCUT2D eigenvalue weighted by molar-refractivity contribution is 6.54. The normalized spacial score (nSPS) is 10.5. The molecule has 152 valence electrons. The van der Waals surface area contributed by atoms with Crippen LogP contribution in [-0.2, 0) is 0 Å². The molecule has 0 aliphatic heterocycles. The van der Waals surface area contributed by atoms with Gasteiger partial charge < -0.3 is 10.4 Å². The molecule has 0 saturated heterocycles. The molecule has 3 aromatic carbocycles. The Morgan fingerprint density at radius 2 is 1.17 bits per heavy atom. The molecule has 0 spiro atoms. The Labute approximate surface area is 191 Å². The van der Waals surface area contributed by atoms with Gasteiger partial charge in [0, 0.05) is 16.8 Å². The number of hydrogen-bond acceptors (Lipinski definition) is 3. The lowest BCUT2D eigenvalue weighted by Crippen LogP contribution is -2.18. The highest BCUT2D eigenvalue weighted by atomic mass is 35.5. The number of hydrogen-bond donors (Lipinski definition) is 2. The zero-order valence-corrected chi connectivity index (χ0v) is 17.9. The zero-order valence-electron chi connectivity index (χ0n) is 14.9. The maximum Gasteiger partial charge on any atom is 0.338 e. The van der Waals surface area contributed by atoms with E-state index >= 15 is 0 Å². The van der Waals surface area contributed by atoms with E-state index in [1.165, 1.54) is 24.3 Å². The second kappa shape index (κ2) is 9.06. The molecule has 3 aromatic rings. The average molecular weight is 483 g/mol. The Hall–Kier alpha value is -2.57. The Bertz CT molecular complexity index is 1160. The van der Waals surface area contributed by atoms with Crippen LogP contribution in [0.5, 0.6) is 0 Å². The number of benzene rings is 3. The number of nitrogens with one attached hydrogen (secondary N) is 1. The first kappa shape index (κ1) is 22.1. The molecule has 3 rings (SSSR count). The molecule has 0 aromatic heterocycles. The Morgan fingerprint density at radius 3 is 1.70 bits per heavy atom. The highest BCUT2D eigenvalue weighted by Gasteiger charge is 2.28. The van der Waals surface area contributed by atoms with E-state index in [1.54, 1.807) is 30.3 Å². The number of carbonyl (C=O) groups excluding carboxylic acids is 2. The Balaban J connectivity index is 1.90. The molecule has 0 saturated carbocycles. The third kappa shape index (κ3) is 4.30. The zero-order chi connectivity index (χ0) is 22.0. The van der Waals surface area contributed by atoms with Crippen molar-refractivity contribution in [2.75, 3.05) is 5.32 Å². The van der Waals surface area contributed by atoms with Crippen molar-refractivity contribution >= 4 is 69.8 Å². The molecule has 0 unspecified atom stereocenters. The molecule has 2 N–H and O–H groups in total. The van der Waals surface area contributed by atoms with Crippen LogP contribution < -0.4 is 5.32 Å². The number of halogens is 4. The van der Waals surface area contributed by atoms with Crippen LogP contribution in [0, 0.1) is 0 Å². The van der Waals surface area contributed by atoms with Crippen LogP contribution in [0.15, 0.2) is 54.6 Å². The van der Waals surface area contributed by atoms with E-state index in [9.17, 15) is 19.5 Å². The van der Waals surface area contributed by atoms with Gasteiger partial charge in [0.2, 0.25) is 0 Å². The third-order valence-electron chi connectivity index (χ3n) is 4.15. The molecule has 0 aliphatic rings. The lowest BCUT2D eigenvalue weighted by Gasteiger charge is -2.14. The van der Waals surface area contributed by atoms with Gasteiger partial charge in [-0.05, 0) is 24.3 Å². The number of anilines is 1.